The molecule has 10 heteroatoms. The number of sulfone groups is 1. The van der Waals surface area contributed by atoms with Gasteiger partial charge in [-0.3, -0.25) is 9.69 Å². The molecule has 4 aromatic rings. The molecule has 1 amide bonds. The standard InChI is InChI=1S/C31H31F2N3O3S2/c1-20(2)30-29-27(19-36(30)18-23-10-13-25(32)26(33)16-23)40-31(35-29)34-28(37)17-22-8-11-24(12-9-22)41(38,39)15-14-21-6-4-3-5-7-21/h3-13,16,20,30H,14-15,17-19H2,1-2H3,(H,34,35,37)/t30-/m0/s1. The van der Waals surface area contributed by atoms with E-state index in [0.29, 0.717) is 35.8 Å². The number of nitrogens with zero attached hydrogens (tertiary/aromatic N) is 2. The molecule has 2 heterocycles. The molecule has 0 spiro atoms. The maximum atomic E-state index is 13.7. The highest BCUT2D eigenvalue weighted by Crippen LogP contribution is 2.43. The van der Waals surface area contributed by atoms with Gasteiger partial charge in [-0.05, 0) is 53.3 Å². The van der Waals surface area contributed by atoms with Gasteiger partial charge in [0.2, 0.25) is 5.91 Å². The van der Waals surface area contributed by atoms with Crippen LogP contribution in [0.25, 0.3) is 0 Å². The summed E-state index contributed by atoms with van der Waals surface area (Å²) in [4.78, 5) is 21.0. The SMILES string of the molecule is CC(C)[C@H]1c2nc(NC(=O)Cc3ccc(S(=O)(=O)CCc4ccccc4)cc3)sc2CN1Cc1ccc(F)c(F)c1. The molecule has 0 aliphatic carbocycles. The van der Waals surface area contributed by atoms with E-state index in [-0.39, 0.29) is 34.9 Å². The smallest absolute Gasteiger partial charge is 0.230 e. The number of anilines is 1. The number of carbonyl (C=O) groups is 1. The largest absolute Gasteiger partial charge is 0.302 e. The lowest BCUT2D eigenvalue weighted by atomic mass is 10.0. The molecule has 6 nitrogen and oxygen atoms in total. The quantitative estimate of drug-likeness (QED) is 0.232. The normalized spacial score (nSPS) is 15.3. The summed E-state index contributed by atoms with van der Waals surface area (Å²) in [5.74, 6) is -1.73. The minimum absolute atomic E-state index is 0.0150. The summed E-state index contributed by atoms with van der Waals surface area (Å²) in [7, 11) is -3.44. The van der Waals surface area contributed by atoms with Crippen LogP contribution in [0.15, 0.2) is 77.7 Å². The number of hydrogen-bond acceptors (Lipinski definition) is 6. The lowest BCUT2D eigenvalue weighted by Gasteiger charge is -2.27. The van der Waals surface area contributed by atoms with Gasteiger partial charge in [-0.1, -0.05) is 62.4 Å². The first-order valence-electron chi connectivity index (χ1n) is 13.4. The minimum Gasteiger partial charge on any atom is -0.302 e. The fourth-order valence-electron chi connectivity index (χ4n) is 5.16. The van der Waals surface area contributed by atoms with Crippen LogP contribution in [0.1, 0.15) is 47.2 Å². The van der Waals surface area contributed by atoms with E-state index in [1.54, 1.807) is 30.3 Å². The predicted octanol–water partition coefficient (Wildman–Crippen LogP) is 6.33. The Labute approximate surface area is 243 Å². The molecule has 1 aromatic heterocycles. The third kappa shape index (κ3) is 6.89. The first-order chi connectivity index (χ1) is 19.6. The fraction of sp³-hybridized carbons (Fsp3) is 0.290. The van der Waals surface area contributed by atoms with Crippen molar-refractivity contribution in [3.8, 4) is 0 Å². The number of carbonyl (C=O) groups excluding carboxylic acids is 1. The van der Waals surface area contributed by atoms with Crippen molar-refractivity contribution in [2.24, 2.45) is 5.92 Å². The summed E-state index contributed by atoms with van der Waals surface area (Å²) in [5, 5.41) is 3.39. The molecule has 1 N–H and O–H groups in total. The Morgan fingerprint density at radius 2 is 1.71 bits per heavy atom. The first-order valence-corrected chi connectivity index (χ1v) is 15.9. The summed E-state index contributed by atoms with van der Waals surface area (Å²) in [5.41, 5.74) is 3.25. The maximum Gasteiger partial charge on any atom is 0.230 e. The molecule has 0 saturated heterocycles. The number of aryl methyl sites for hydroxylation is 1. The highest BCUT2D eigenvalue weighted by molar-refractivity contribution is 7.91. The Kier molecular flexibility index (Phi) is 8.63. The Hall–Kier alpha value is -3.47. The average Bonchev–Trinajstić information content (AvgIpc) is 3.46. The van der Waals surface area contributed by atoms with Crippen molar-refractivity contribution in [1.29, 1.82) is 0 Å². The van der Waals surface area contributed by atoms with Crippen LogP contribution < -0.4 is 5.32 Å². The zero-order valence-electron chi connectivity index (χ0n) is 22.8. The zero-order chi connectivity index (χ0) is 29.1. The Morgan fingerprint density at radius 1 is 1.00 bits per heavy atom. The molecule has 41 heavy (non-hydrogen) atoms. The molecule has 0 bridgehead atoms. The monoisotopic (exact) mass is 595 g/mol. The molecule has 0 unspecified atom stereocenters. The van der Waals surface area contributed by atoms with Crippen LogP contribution in [0.5, 0.6) is 0 Å². The van der Waals surface area contributed by atoms with Crippen molar-refractivity contribution < 1.29 is 22.0 Å². The molecule has 0 fully saturated rings. The molecule has 1 aliphatic heterocycles. The number of aromatic nitrogens is 1. The summed E-state index contributed by atoms with van der Waals surface area (Å²) in [6, 6.07) is 19.9. The van der Waals surface area contributed by atoms with Crippen molar-refractivity contribution in [2.45, 2.75) is 50.7 Å². The van der Waals surface area contributed by atoms with Crippen molar-refractivity contribution in [2.75, 3.05) is 11.1 Å². The summed E-state index contributed by atoms with van der Waals surface area (Å²) in [6.45, 7) is 5.23. The van der Waals surface area contributed by atoms with E-state index in [1.807, 2.05) is 30.3 Å². The van der Waals surface area contributed by atoms with Crippen LogP contribution in [-0.2, 0) is 40.6 Å². The average molecular weight is 596 g/mol. The van der Waals surface area contributed by atoms with Gasteiger partial charge in [0.15, 0.2) is 26.6 Å². The molecule has 1 atom stereocenters. The van der Waals surface area contributed by atoms with Crippen molar-refractivity contribution in [1.82, 2.24) is 9.88 Å². The van der Waals surface area contributed by atoms with Crippen LogP contribution in [-0.4, -0.2) is 30.0 Å². The second kappa shape index (κ2) is 12.2. The van der Waals surface area contributed by atoms with Gasteiger partial charge in [0.05, 0.1) is 28.8 Å². The lowest BCUT2D eigenvalue weighted by Crippen LogP contribution is -2.26. The number of thiazole rings is 1. The topological polar surface area (TPSA) is 79.4 Å². The number of rotatable bonds is 10. The highest BCUT2D eigenvalue weighted by atomic mass is 32.2. The van der Waals surface area contributed by atoms with E-state index in [0.717, 1.165) is 22.2 Å². The van der Waals surface area contributed by atoms with Crippen LogP contribution in [0, 0.1) is 17.6 Å². The molecular formula is C31H31F2N3O3S2. The molecular weight excluding hydrogens is 564 g/mol. The van der Waals surface area contributed by atoms with Crippen molar-refractivity contribution in [3.05, 3.63) is 112 Å². The lowest BCUT2D eigenvalue weighted by molar-refractivity contribution is -0.115. The number of fused-ring (bicyclic) bond motifs is 1. The Bertz CT molecular complexity index is 1640. The van der Waals surface area contributed by atoms with Gasteiger partial charge in [-0.25, -0.2) is 22.2 Å². The van der Waals surface area contributed by atoms with E-state index in [1.165, 1.54) is 17.4 Å². The second-order valence-corrected chi connectivity index (χ2v) is 13.8. The summed E-state index contributed by atoms with van der Waals surface area (Å²) >= 11 is 1.41. The van der Waals surface area contributed by atoms with E-state index in [9.17, 15) is 22.0 Å². The molecule has 3 aromatic carbocycles. The first kappa shape index (κ1) is 29.0. The second-order valence-electron chi connectivity index (χ2n) is 10.6. The van der Waals surface area contributed by atoms with E-state index in [2.05, 4.69) is 24.1 Å². The Morgan fingerprint density at radius 3 is 2.39 bits per heavy atom. The van der Waals surface area contributed by atoms with Crippen molar-refractivity contribution >= 4 is 32.2 Å². The maximum absolute atomic E-state index is 13.7. The third-order valence-corrected chi connectivity index (χ3v) is 9.85. The molecule has 0 radical (unpaired) electrons. The van der Waals surface area contributed by atoms with Gasteiger partial charge in [-0.15, -0.1) is 11.3 Å². The minimum atomic E-state index is -3.44. The number of amides is 1. The predicted molar refractivity (Wildman–Crippen MR) is 156 cm³/mol. The fourth-order valence-corrected chi connectivity index (χ4v) is 7.49. The van der Waals surface area contributed by atoms with Gasteiger partial charge in [0.1, 0.15) is 0 Å². The summed E-state index contributed by atoms with van der Waals surface area (Å²) in [6.07, 6.45) is 0.524. The van der Waals surface area contributed by atoms with Crippen LogP contribution >= 0.6 is 11.3 Å². The molecule has 5 rings (SSSR count). The van der Waals surface area contributed by atoms with Gasteiger partial charge in [0, 0.05) is 18.0 Å². The van der Waals surface area contributed by atoms with Crippen LogP contribution in [0.3, 0.4) is 0 Å². The highest BCUT2D eigenvalue weighted by Gasteiger charge is 2.36. The Balaban J connectivity index is 1.19. The van der Waals surface area contributed by atoms with E-state index < -0.39 is 21.5 Å². The van der Waals surface area contributed by atoms with Gasteiger partial charge in [-0.2, -0.15) is 0 Å². The van der Waals surface area contributed by atoms with Crippen LogP contribution in [0.4, 0.5) is 13.9 Å². The van der Waals surface area contributed by atoms with Gasteiger partial charge in [0.25, 0.3) is 0 Å². The molecule has 214 valence electrons. The number of benzene rings is 3. The number of hydrogen-bond donors (Lipinski definition) is 1. The van der Waals surface area contributed by atoms with E-state index >= 15 is 0 Å². The summed E-state index contributed by atoms with van der Waals surface area (Å²) < 4.78 is 52.6. The van der Waals surface area contributed by atoms with Crippen LogP contribution in [0.2, 0.25) is 0 Å². The third-order valence-electron chi connectivity index (χ3n) is 7.14. The van der Waals surface area contributed by atoms with Crippen molar-refractivity contribution in [3.63, 3.8) is 0 Å². The molecule has 0 saturated carbocycles. The van der Waals surface area contributed by atoms with Gasteiger partial charge < -0.3 is 5.32 Å². The van der Waals surface area contributed by atoms with Gasteiger partial charge >= 0.3 is 0 Å². The number of nitrogens with one attached hydrogen (secondary N) is 1. The number of halogens is 2. The molecule has 1 aliphatic rings. The van der Waals surface area contributed by atoms with E-state index in [4.69, 9.17) is 4.98 Å². The zero-order valence-corrected chi connectivity index (χ0v) is 24.4.